The Labute approximate surface area is 164 Å². The molecule has 0 radical (unpaired) electrons. The van der Waals surface area contributed by atoms with Crippen LogP contribution >= 0.6 is 0 Å². The van der Waals surface area contributed by atoms with Crippen LogP contribution in [0, 0.1) is 5.92 Å². The SMILES string of the molecule is CC(C(=O)NCCCCN1C(=O)c2ccccc2C1=O)C(N)c1ccccc1. The van der Waals surface area contributed by atoms with E-state index in [1.807, 2.05) is 37.3 Å². The van der Waals surface area contributed by atoms with Crippen molar-refractivity contribution in [1.29, 1.82) is 0 Å². The van der Waals surface area contributed by atoms with E-state index >= 15 is 0 Å². The minimum atomic E-state index is -0.362. The molecule has 0 spiro atoms. The lowest BCUT2D eigenvalue weighted by Crippen LogP contribution is -2.36. The zero-order valence-corrected chi connectivity index (χ0v) is 15.9. The van der Waals surface area contributed by atoms with E-state index in [4.69, 9.17) is 5.73 Å². The normalized spacial score (nSPS) is 15.3. The molecular formula is C22H25N3O3. The number of nitrogens with one attached hydrogen (secondary N) is 1. The van der Waals surface area contributed by atoms with Crippen molar-refractivity contribution in [2.45, 2.75) is 25.8 Å². The molecule has 0 aromatic heterocycles. The highest BCUT2D eigenvalue weighted by atomic mass is 16.2. The highest BCUT2D eigenvalue weighted by Gasteiger charge is 2.34. The molecule has 6 nitrogen and oxygen atoms in total. The predicted octanol–water partition coefficient (Wildman–Crippen LogP) is 2.52. The second kappa shape index (κ2) is 8.80. The highest BCUT2D eigenvalue weighted by molar-refractivity contribution is 6.21. The highest BCUT2D eigenvalue weighted by Crippen LogP contribution is 2.22. The predicted molar refractivity (Wildman–Crippen MR) is 107 cm³/mol. The summed E-state index contributed by atoms with van der Waals surface area (Å²) in [4.78, 5) is 38.2. The Balaban J connectivity index is 1.41. The van der Waals surface area contributed by atoms with Gasteiger partial charge >= 0.3 is 0 Å². The van der Waals surface area contributed by atoms with Crippen molar-refractivity contribution in [3.63, 3.8) is 0 Å². The van der Waals surface area contributed by atoms with Gasteiger partial charge in [0.25, 0.3) is 11.8 Å². The van der Waals surface area contributed by atoms with Crippen LogP contribution in [0.25, 0.3) is 0 Å². The van der Waals surface area contributed by atoms with Gasteiger partial charge in [-0.3, -0.25) is 19.3 Å². The quantitative estimate of drug-likeness (QED) is 0.544. The Hall–Kier alpha value is -2.99. The average molecular weight is 379 g/mol. The molecule has 0 bridgehead atoms. The van der Waals surface area contributed by atoms with Crippen molar-refractivity contribution in [3.05, 3.63) is 71.3 Å². The Morgan fingerprint density at radius 2 is 1.54 bits per heavy atom. The van der Waals surface area contributed by atoms with Crippen LogP contribution < -0.4 is 11.1 Å². The zero-order valence-electron chi connectivity index (χ0n) is 15.9. The first-order chi connectivity index (χ1) is 13.5. The molecule has 1 aliphatic heterocycles. The minimum Gasteiger partial charge on any atom is -0.356 e. The van der Waals surface area contributed by atoms with Gasteiger partial charge in [-0.1, -0.05) is 49.4 Å². The number of benzene rings is 2. The van der Waals surface area contributed by atoms with Crippen LogP contribution in [-0.2, 0) is 4.79 Å². The van der Waals surface area contributed by atoms with Gasteiger partial charge in [-0.05, 0) is 30.5 Å². The number of hydrogen-bond donors (Lipinski definition) is 2. The maximum absolute atomic E-state index is 12.3. The number of amides is 3. The lowest BCUT2D eigenvalue weighted by molar-refractivity contribution is -0.125. The smallest absolute Gasteiger partial charge is 0.261 e. The molecule has 28 heavy (non-hydrogen) atoms. The second-order valence-corrected chi connectivity index (χ2v) is 7.03. The van der Waals surface area contributed by atoms with Gasteiger partial charge in [-0.15, -0.1) is 0 Å². The summed E-state index contributed by atoms with van der Waals surface area (Å²) >= 11 is 0. The van der Waals surface area contributed by atoms with E-state index < -0.39 is 0 Å². The molecule has 0 fully saturated rings. The molecule has 2 aromatic rings. The molecule has 1 aliphatic rings. The number of hydrogen-bond acceptors (Lipinski definition) is 4. The summed E-state index contributed by atoms with van der Waals surface area (Å²) in [6.07, 6.45) is 1.30. The third-order valence-electron chi connectivity index (χ3n) is 5.12. The molecule has 3 N–H and O–H groups in total. The standard InChI is InChI=1S/C22H25N3O3/c1-15(19(23)16-9-3-2-4-10-16)20(26)24-13-7-8-14-25-21(27)17-11-5-6-12-18(17)22(25)28/h2-6,9-12,15,19H,7-8,13-14,23H2,1H3,(H,24,26). The number of fused-ring (bicyclic) bond motifs is 1. The summed E-state index contributed by atoms with van der Waals surface area (Å²) in [6.45, 7) is 2.64. The molecular weight excluding hydrogens is 354 g/mol. The van der Waals surface area contributed by atoms with E-state index in [1.165, 1.54) is 4.90 Å². The Bertz CT molecular complexity index is 831. The fourth-order valence-corrected chi connectivity index (χ4v) is 3.34. The first-order valence-corrected chi connectivity index (χ1v) is 9.54. The van der Waals surface area contributed by atoms with Gasteiger partial charge in [0.1, 0.15) is 0 Å². The minimum absolute atomic E-state index is 0.0999. The fourth-order valence-electron chi connectivity index (χ4n) is 3.34. The molecule has 146 valence electrons. The number of carbonyl (C=O) groups excluding carboxylic acids is 3. The Morgan fingerprint density at radius 3 is 2.14 bits per heavy atom. The third kappa shape index (κ3) is 4.12. The van der Waals surface area contributed by atoms with E-state index in [1.54, 1.807) is 24.3 Å². The first kappa shape index (κ1) is 19.8. The Kier molecular flexibility index (Phi) is 6.21. The molecule has 0 saturated carbocycles. The van der Waals surface area contributed by atoms with Crippen molar-refractivity contribution in [1.82, 2.24) is 10.2 Å². The first-order valence-electron chi connectivity index (χ1n) is 9.54. The number of nitrogens with two attached hydrogens (primary N) is 1. The lowest BCUT2D eigenvalue weighted by Gasteiger charge is -2.20. The molecule has 2 aromatic carbocycles. The van der Waals surface area contributed by atoms with Crippen LogP contribution in [0.1, 0.15) is 52.1 Å². The van der Waals surface area contributed by atoms with Gasteiger partial charge in [0, 0.05) is 19.1 Å². The number of imide groups is 1. The number of carbonyl (C=O) groups is 3. The Morgan fingerprint density at radius 1 is 0.964 bits per heavy atom. The van der Waals surface area contributed by atoms with Crippen molar-refractivity contribution in [3.8, 4) is 0 Å². The topological polar surface area (TPSA) is 92.5 Å². The molecule has 0 aliphatic carbocycles. The molecule has 3 amide bonds. The van der Waals surface area contributed by atoms with Gasteiger partial charge < -0.3 is 11.1 Å². The van der Waals surface area contributed by atoms with E-state index in [-0.39, 0.29) is 29.7 Å². The molecule has 3 rings (SSSR count). The second-order valence-electron chi connectivity index (χ2n) is 7.03. The summed E-state index contributed by atoms with van der Waals surface area (Å²) in [7, 11) is 0. The lowest BCUT2D eigenvalue weighted by atomic mass is 9.94. The van der Waals surface area contributed by atoms with E-state index in [9.17, 15) is 14.4 Å². The largest absolute Gasteiger partial charge is 0.356 e. The van der Waals surface area contributed by atoms with E-state index in [0.29, 0.717) is 37.1 Å². The van der Waals surface area contributed by atoms with Gasteiger partial charge in [-0.25, -0.2) is 0 Å². The van der Waals surface area contributed by atoms with Crippen molar-refractivity contribution in [2.24, 2.45) is 11.7 Å². The number of unbranched alkanes of at least 4 members (excludes halogenated alkanes) is 1. The maximum Gasteiger partial charge on any atom is 0.261 e. The molecule has 1 heterocycles. The van der Waals surface area contributed by atoms with Gasteiger partial charge in [0.05, 0.1) is 17.0 Å². The van der Waals surface area contributed by atoms with E-state index in [0.717, 1.165) is 5.56 Å². The van der Waals surface area contributed by atoms with Crippen LogP contribution in [0.4, 0.5) is 0 Å². The molecule has 0 saturated heterocycles. The summed E-state index contributed by atoms with van der Waals surface area (Å²) in [5.74, 6) is -0.935. The van der Waals surface area contributed by atoms with Crippen LogP contribution in [-0.4, -0.2) is 35.7 Å². The van der Waals surface area contributed by atoms with Gasteiger partial charge in [-0.2, -0.15) is 0 Å². The fraction of sp³-hybridized carbons (Fsp3) is 0.318. The van der Waals surface area contributed by atoms with Crippen LogP contribution in [0.15, 0.2) is 54.6 Å². The van der Waals surface area contributed by atoms with Crippen LogP contribution in [0.5, 0.6) is 0 Å². The van der Waals surface area contributed by atoms with Crippen molar-refractivity contribution in [2.75, 3.05) is 13.1 Å². The van der Waals surface area contributed by atoms with E-state index in [2.05, 4.69) is 5.32 Å². The number of nitrogens with zero attached hydrogens (tertiary/aromatic N) is 1. The van der Waals surface area contributed by atoms with Crippen molar-refractivity contribution >= 4 is 17.7 Å². The summed E-state index contributed by atoms with van der Waals surface area (Å²) in [5, 5.41) is 2.89. The van der Waals surface area contributed by atoms with Gasteiger partial charge in [0.15, 0.2) is 0 Å². The van der Waals surface area contributed by atoms with Crippen LogP contribution in [0.2, 0.25) is 0 Å². The number of rotatable bonds is 8. The summed E-state index contributed by atoms with van der Waals surface area (Å²) in [5.41, 5.74) is 8.03. The molecule has 6 heteroatoms. The van der Waals surface area contributed by atoms with Crippen molar-refractivity contribution < 1.29 is 14.4 Å². The van der Waals surface area contributed by atoms with Crippen LogP contribution in [0.3, 0.4) is 0 Å². The monoisotopic (exact) mass is 379 g/mol. The molecule has 2 unspecified atom stereocenters. The van der Waals surface area contributed by atoms with Gasteiger partial charge in [0.2, 0.25) is 5.91 Å². The zero-order chi connectivity index (χ0) is 20.1. The molecule has 2 atom stereocenters. The average Bonchev–Trinajstić information content (AvgIpc) is 2.98. The third-order valence-corrected chi connectivity index (χ3v) is 5.12. The summed E-state index contributed by atoms with van der Waals surface area (Å²) < 4.78 is 0. The summed E-state index contributed by atoms with van der Waals surface area (Å²) in [6, 6.07) is 16.0. The maximum atomic E-state index is 12.3.